The Morgan fingerprint density at radius 1 is 1.53 bits per heavy atom. The van der Waals surface area contributed by atoms with Gasteiger partial charge in [0.05, 0.1) is 12.5 Å². The van der Waals surface area contributed by atoms with Gasteiger partial charge in [-0.05, 0) is 25.2 Å². The summed E-state index contributed by atoms with van der Waals surface area (Å²) >= 11 is 0. The van der Waals surface area contributed by atoms with Crippen LogP contribution in [0.5, 0.6) is 0 Å². The molecule has 0 radical (unpaired) electrons. The highest BCUT2D eigenvalue weighted by molar-refractivity contribution is 5.07. The van der Waals surface area contributed by atoms with Gasteiger partial charge in [0.1, 0.15) is 0 Å². The molecular formula is C12H20F3NO. The molecule has 0 spiro atoms. The fraction of sp³-hybridized carbons (Fsp3) is 0.833. The second-order valence-electron chi connectivity index (χ2n) is 4.67. The van der Waals surface area contributed by atoms with Crippen LogP contribution >= 0.6 is 0 Å². The maximum Gasteiger partial charge on any atom is 0.395 e. The zero-order valence-corrected chi connectivity index (χ0v) is 10.3. The van der Waals surface area contributed by atoms with Gasteiger partial charge in [0.15, 0.2) is 0 Å². The molecule has 1 aliphatic rings. The average Bonchev–Trinajstić information content (AvgIpc) is 2.26. The Kier molecular flexibility index (Phi) is 5.31. The Morgan fingerprint density at radius 2 is 2.24 bits per heavy atom. The maximum absolute atomic E-state index is 12.5. The first-order valence-electron chi connectivity index (χ1n) is 5.93. The number of ether oxygens (including phenoxy) is 1. The number of allylic oxidation sites excluding steroid dienone is 2. The molecule has 2 unspecified atom stereocenters. The first-order valence-corrected chi connectivity index (χ1v) is 5.93. The van der Waals surface area contributed by atoms with E-state index < -0.39 is 12.1 Å². The molecule has 0 aliphatic heterocycles. The van der Waals surface area contributed by atoms with Crippen molar-refractivity contribution in [2.24, 2.45) is 11.8 Å². The third-order valence-electron chi connectivity index (χ3n) is 2.91. The predicted octanol–water partition coefficient (Wildman–Crippen LogP) is 3.10. The molecule has 1 N–H and O–H groups in total. The standard InChI is InChI=1S/C12H20F3NO/c1-9(8-17-2)7-16-11-5-3-4-10(6-11)12(13,14)15/h6,9-10,16H,3-5,7-8H2,1-2H3. The maximum atomic E-state index is 12.5. The summed E-state index contributed by atoms with van der Waals surface area (Å²) in [5.74, 6) is -0.983. The van der Waals surface area contributed by atoms with E-state index in [9.17, 15) is 13.2 Å². The van der Waals surface area contributed by atoms with Gasteiger partial charge in [-0.25, -0.2) is 0 Å². The highest BCUT2D eigenvalue weighted by Gasteiger charge is 2.39. The van der Waals surface area contributed by atoms with E-state index >= 15 is 0 Å². The number of nitrogens with one attached hydrogen (secondary N) is 1. The number of hydrogen-bond donors (Lipinski definition) is 1. The quantitative estimate of drug-likeness (QED) is 0.810. The number of alkyl halides is 3. The SMILES string of the molecule is COCC(C)CNC1=CC(C(F)(F)F)CCC1. The molecule has 0 heterocycles. The van der Waals surface area contributed by atoms with E-state index in [4.69, 9.17) is 4.74 Å². The van der Waals surface area contributed by atoms with Crippen LogP contribution in [0.2, 0.25) is 0 Å². The highest BCUT2D eigenvalue weighted by atomic mass is 19.4. The van der Waals surface area contributed by atoms with Crippen LogP contribution in [0.25, 0.3) is 0 Å². The number of hydrogen-bond acceptors (Lipinski definition) is 2. The van der Waals surface area contributed by atoms with E-state index in [2.05, 4.69) is 5.32 Å². The van der Waals surface area contributed by atoms with Gasteiger partial charge >= 0.3 is 6.18 Å². The summed E-state index contributed by atoms with van der Waals surface area (Å²) in [6.45, 7) is 3.27. The van der Waals surface area contributed by atoms with Gasteiger partial charge in [0.2, 0.25) is 0 Å². The molecule has 0 amide bonds. The van der Waals surface area contributed by atoms with Gasteiger partial charge in [0, 0.05) is 19.4 Å². The lowest BCUT2D eigenvalue weighted by molar-refractivity contribution is -0.164. The minimum Gasteiger partial charge on any atom is -0.388 e. The monoisotopic (exact) mass is 251 g/mol. The summed E-state index contributed by atoms with van der Waals surface area (Å²) in [4.78, 5) is 0. The molecule has 100 valence electrons. The lowest BCUT2D eigenvalue weighted by atomic mass is 9.93. The first kappa shape index (κ1) is 14.4. The van der Waals surface area contributed by atoms with E-state index in [1.807, 2.05) is 6.92 Å². The van der Waals surface area contributed by atoms with Crippen molar-refractivity contribution in [3.05, 3.63) is 11.8 Å². The van der Waals surface area contributed by atoms with Gasteiger partial charge in [-0.2, -0.15) is 13.2 Å². The van der Waals surface area contributed by atoms with E-state index in [-0.39, 0.29) is 6.42 Å². The fourth-order valence-corrected chi connectivity index (χ4v) is 1.98. The molecule has 2 atom stereocenters. The Bertz CT molecular complexity index is 263. The molecule has 0 saturated carbocycles. The Morgan fingerprint density at radius 3 is 2.82 bits per heavy atom. The third-order valence-corrected chi connectivity index (χ3v) is 2.91. The van der Waals surface area contributed by atoms with Crippen molar-refractivity contribution in [3.8, 4) is 0 Å². The zero-order chi connectivity index (χ0) is 12.9. The summed E-state index contributed by atoms with van der Waals surface area (Å²) in [6.07, 6.45) is -1.25. The van der Waals surface area contributed by atoms with Gasteiger partial charge < -0.3 is 10.1 Å². The molecule has 1 aliphatic carbocycles. The van der Waals surface area contributed by atoms with E-state index in [0.717, 1.165) is 5.70 Å². The van der Waals surface area contributed by atoms with Crippen molar-refractivity contribution >= 4 is 0 Å². The molecule has 0 saturated heterocycles. The lowest BCUT2D eigenvalue weighted by Gasteiger charge is -2.24. The van der Waals surface area contributed by atoms with Gasteiger partial charge in [-0.15, -0.1) is 0 Å². The summed E-state index contributed by atoms with van der Waals surface area (Å²) in [5, 5.41) is 3.09. The van der Waals surface area contributed by atoms with E-state index in [1.54, 1.807) is 7.11 Å². The molecule has 5 heteroatoms. The smallest absolute Gasteiger partial charge is 0.388 e. The van der Waals surface area contributed by atoms with Crippen LogP contribution < -0.4 is 5.32 Å². The molecule has 0 aromatic rings. The predicted molar refractivity (Wildman–Crippen MR) is 60.5 cm³/mol. The lowest BCUT2D eigenvalue weighted by Crippen LogP contribution is -2.29. The summed E-state index contributed by atoms with van der Waals surface area (Å²) in [6, 6.07) is 0. The van der Waals surface area contributed by atoms with Gasteiger partial charge in [0.25, 0.3) is 0 Å². The number of halogens is 3. The van der Waals surface area contributed by atoms with Crippen LogP contribution in [0, 0.1) is 11.8 Å². The molecule has 0 bridgehead atoms. The highest BCUT2D eigenvalue weighted by Crippen LogP contribution is 2.35. The molecule has 0 fully saturated rings. The normalized spacial score (nSPS) is 23.1. The van der Waals surface area contributed by atoms with Crippen LogP contribution in [0.3, 0.4) is 0 Å². The molecule has 17 heavy (non-hydrogen) atoms. The van der Waals surface area contributed by atoms with E-state index in [1.165, 1.54) is 6.08 Å². The van der Waals surface area contributed by atoms with Crippen LogP contribution in [-0.4, -0.2) is 26.4 Å². The summed E-state index contributed by atoms with van der Waals surface area (Å²) in [5.41, 5.74) is 0.724. The first-order chi connectivity index (χ1) is 7.93. The molecule has 0 aromatic heterocycles. The number of rotatable bonds is 5. The van der Waals surface area contributed by atoms with Crippen molar-refractivity contribution in [1.29, 1.82) is 0 Å². The summed E-state index contributed by atoms with van der Waals surface area (Å²) < 4.78 is 42.6. The molecule has 0 aromatic carbocycles. The third kappa shape index (κ3) is 4.98. The Labute approximate surface area is 100 Å². The second-order valence-corrected chi connectivity index (χ2v) is 4.67. The topological polar surface area (TPSA) is 21.3 Å². The van der Waals surface area contributed by atoms with Crippen LogP contribution in [-0.2, 0) is 4.74 Å². The second kappa shape index (κ2) is 6.28. The van der Waals surface area contributed by atoms with Gasteiger partial charge in [-0.3, -0.25) is 0 Å². The molecular weight excluding hydrogens is 231 g/mol. The van der Waals surface area contributed by atoms with Crippen molar-refractivity contribution in [2.45, 2.75) is 32.4 Å². The summed E-state index contributed by atoms with van der Waals surface area (Å²) in [7, 11) is 1.62. The fourth-order valence-electron chi connectivity index (χ4n) is 1.98. The van der Waals surface area contributed by atoms with Crippen LogP contribution in [0.4, 0.5) is 13.2 Å². The largest absolute Gasteiger partial charge is 0.395 e. The Hall–Kier alpha value is -0.710. The molecule has 1 rings (SSSR count). The number of methoxy groups -OCH3 is 1. The van der Waals surface area contributed by atoms with Crippen molar-refractivity contribution in [2.75, 3.05) is 20.3 Å². The van der Waals surface area contributed by atoms with Crippen molar-refractivity contribution in [3.63, 3.8) is 0 Å². The molecule has 2 nitrogen and oxygen atoms in total. The van der Waals surface area contributed by atoms with Gasteiger partial charge in [-0.1, -0.05) is 13.0 Å². The average molecular weight is 251 g/mol. The van der Waals surface area contributed by atoms with E-state index in [0.29, 0.717) is 31.9 Å². The van der Waals surface area contributed by atoms with Crippen molar-refractivity contribution in [1.82, 2.24) is 5.32 Å². The zero-order valence-electron chi connectivity index (χ0n) is 10.3. The minimum absolute atomic E-state index is 0.211. The Balaban J connectivity index is 2.45. The van der Waals surface area contributed by atoms with Crippen molar-refractivity contribution < 1.29 is 17.9 Å². The minimum atomic E-state index is -4.11. The van der Waals surface area contributed by atoms with Crippen LogP contribution in [0.1, 0.15) is 26.2 Å². The van der Waals surface area contributed by atoms with Crippen LogP contribution in [0.15, 0.2) is 11.8 Å².